The lowest BCUT2D eigenvalue weighted by Gasteiger charge is -2.10. The van der Waals surface area contributed by atoms with Crippen molar-refractivity contribution in [3.63, 3.8) is 0 Å². The molecule has 0 saturated heterocycles. The van der Waals surface area contributed by atoms with Gasteiger partial charge in [0.05, 0.1) is 0 Å². The lowest BCUT2D eigenvalue weighted by Crippen LogP contribution is -2.03. The van der Waals surface area contributed by atoms with Gasteiger partial charge in [0.2, 0.25) is 0 Å². The van der Waals surface area contributed by atoms with E-state index in [0.717, 1.165) is 5.56 Å². The van der Waals surface area contributed by atoms with Crippen molar-refractivity contribution in [2.24, 2.45) is 0 Å². The zero-order chi connectivity index (χ0) is 8.10. The van der Waals surface area contributed by atoms with Crippen molar-refractivity contribution < 1.29 is 9.47 Å². The quantitative estimate of drug-likeness (QED) is 0.656. The highest BCUT2D eigenvalue weighted by molar-refractivity contribution is 5.23. The lowest BCUT2D eigenvalue weighted by molar-refractivity contribution is 0.0269. The fourth-order valence-electron chi connectivity index (χ4n) is 0.893. The smallest absolute Gasteiger partial charge is 0.255 e. The lowest BCUT2D eigenvalue weighted by atomic mass is 10.2. The van der Waals surface area contributed by atoms with Gasteiger partial charge in [-0.25, -0.2) is 0 Å². The van der Waals surface area contributed by atoms with Crippen LogP contribution in [0.15, 0.2) is 30.3 Å². The Balaban J connectivity index is 2.74. The molecule has 0 unspecified atom stereocenters. The summed E-state index contributed by atoms with van der Waals surface area (Å²) in [6.45, 7) is 0. The van der Waals surface area contributed by atoms with Crippen LogP contribution < -0.4 is 0 Å². The Morgan fingerprint density at radius 2 is 1.55 bits per heavy atom. The van der Waals surface area contributed by atoms with E-state index in [4.69, 9.17) is 9.47 Å². The Labute approximate surface area is 66.8 Å². The van der Waals surface area contributed by atoms with E-state index in [0.29, 0.717) is 6.29 Å². The fourth-order valence-corrected chi connectivity index (χ4v) is 0.893. The van der Waals surface area contributed by atoms with Crippen LogP contribution in [-0.2, 0) is 9.47 Å². The predicted octanol–water partition coefficient (Wildman–Crippen LogP) is 1.82. The number of benzene rings is 1. The molecule has 1 radical (unpaired) electrons. The number of ether oxygens (including phenoxy) is 2. The van der Waals surface area contributed by atoms with E-state index in [2.05, 4.69) is 0 Å². The number of methoxy groups -OCH3 is 2. The molecule has 1 aromatic carbocycles. The summed E-state index contributed by atoms with van der Waals surface area (Å²) in [5, 5.41) is 0. The molecular formula is C9H11O2. The van der Waals surface area contributed by atoms with Crippen molar-refractivity contribution in [1.82, 2.24) is 0 Å². The molecule has 0 N–H and O–H groups in total. The van der Waals surface area contributed by atoms with E-state index in [1.807, 2.05) is 30.3 Å². The van der Waals surface area contributed by atoms with E-state index < -0.39 is 0 Å². The molecular weight excluding hydrogens is 140 g/mol. The van der Waals surface area contributed by atoms with Crippen molar-refractivity contribution in [1.29, 1.82) is 0 Å². The fraction of sp³-hybridized carbons (Fsp3) is 0.222. The third-order valence-electron chi connectivity index (χ3n) is 1.38. The largest absolute Gasteiger partial charge is 0.345 e. The summed E-state index contributed by atoms with van der Waals surface area (Å²) in [6.07, 6.45) is 0.547. The molecule has 0 saturated carbocycles. The molecule has 1 rings (SSSR count). The molecule has 0 aliphatic rings. The topological polar surface area (TPSA) is 18.5 Å². The molecule has 0 aliphatic heterocycles. The molecule has 0 spiro atoms. The van der Waals surface area contributed by atoms with Crippen LogP contribution in [0.3, 0.4) is 0 Å². The summed E-state index contributed by atoms with van der Waals surface area (Å²) in [6, 6.07) is 9.69. The number of hydrogen-bond acceptors (Lipinski definition) is 2. The molecule has 11 heavy (non-hydrogen) atoms. The molecule has 2 heteroatoms. The zero-order valence-corrected chi connectivity index (χ0v) is 6.70. The highest BCUT2D eigenvalue weighted by Crippen LogP contribution is 2.14. The summed E-state index contributed by atoms with van der Waals surface area (Å²) in [5.74, 6) is 0. The Morgan fingerprint density at radius 1 is 1.00 bits per heavy atom. The Hall–Kier alpha value is -0.860. The van der Waals surface area contributed by atoms with Crippen LogP contribution in [0, 0.1) is 6.29 Å². The highest BCUT2D eigenvalue weighted by Gasteiger charge is 2.08. The van der Waals surface area contributed by atoms with Gasteiger partial charge in [-0.1, -0.05) is 30.3 Å². The SMILES string of the molecule is CO[C](OC)c1ccccc1. The number of hydrogen-bond donors (Lipinski definition) is 0. The van der Waals surface area contributed by atoms with E-state index in [1.165, 1.54) is 0 Å². The first-order valence-electron chi connectivity index (χ1n) is 3.39. The zero-order valence-electron chi connectivity index (χ0n) is 6.70. The first-order valence-corrected chi connectivity index (χ1v) is 3.39. The second-order valence-electron chi connectivity index (χ2n) is 2.06. The van der Waals surface area contributed by atoms with Gasteiger partial charge in [0.1, 0.15) is 0 Å². The van der Waals surface area contributed by atoms with Gasteiger partial charge in [-0.2, -0.15) is 0 Å². The van der Waals surface area contributed by atoms with Crippen LogP contribution in [0.2, 0.25) is 0 Å². The second kappa shape index (κ2) is 4.11. The van der Waals surface area contributed by atoms with Crippen LogP contribution in [0.5, 0.6) is 0 Å². The Kier molecular flexibility index (Phi) is 3.08. The monoisotopic (exact) mass is 151 g/mol. The standard InChI is InChI=1S/C9H11O2/c1-10-9(11-2)8-6-4-3-5-7-8/h3-7H,1-2H3. The average Bonchev–Trinajstić information content (AvgIpc) is 2.09. The Bertz CT molecular complexity index is 192. The molecule has 0 amide bonds. The normalized spacial score (nSPS) is 10.5. The third kappa shape index (κ3) is 2.03. The van der Waals surface area contributed by atoms with Crippen LogP contribution in [-0.4, -0.2) is 14.2 Å². The second-order valence-corrected chi connectivity index (χ2v) is 2.06. The molecule has 1 aromatic rings. The van der Waals surface area contributed by atoms with Crippen molar-refractivity contribution in [3.05, 3.63) is 42.2 Å². The minimum absolute atomic E-state index is 0.547. The summed E-state index contributed by atoms with van der Waals surface area (Å²) >= 11 is 0. The summed E-state index contributed by atoms with van der Waals surface area (Å²) in [4.78, 5) is 0. The minimum atomic E-state index is 0.547. The van der Waals surface area contributed by atoms with Gasteiger partial charge in [0, 0.05) is 19.8 Å². The maximum absolute atomic E-state index is 4.98. The van der Waals surface area contributed by atoms with Gasteiger partial charge < -0.3 is 9.47 Å². The van der Waals surface area contributed by atoms with E-state index in [1.54, 1.807) is 14.2 Å². The van der Waals surface area contributed by atoms with Crippen LogP contribution >= 0.6 is 0 Å². The van der Waals surface area contributed by atoms with Crippen LogP contribution in [0.25, 0.3) is 0 Å². The van der Waals surface area contributed by atoms with Crippen molar-refractivity contribution >= 4 is 0 Å². The molecule has 59 valence electrons. The molecule has 0 aromatic heterocycles. The van der Waals surface area contributed by atoms with Gasteiger partial charge in [-0.3, -0.25) is 0 Å². The molecule has 0 atom stereocenters. The van der Waals surface area contributed by atoms with Crippen molar-refractivity contribution in [3.8, 4) is 0 Å². The van der Waals surface area contributed by atoms with Gasteiger partial charge >= 0.3 is 0 Å². The van der Waals surface area contributed by atoms with Crippen LogP contribution in [0.4, 0.5) is 0 Å². The van der Waals surface area contributed by atoms with E-state index in [-0.39, 0.29) is 0 Å². The van der Waals surface area contributed by atoms with Crippen molar-refractivity contribution in [2.75, 3.05) is 14.2 Å². The van der Waals surface area contributed by atoms with Gasteiger partial charge in [0.25, 0.3) is 6.29 Å². The molecule has 0 heterocycles. The molecule has 2 nitrogen and oxygen atoms in total. The highest BCUT2D eigenvalue weighted by atomic mass is 16.7. The van der Waals surface area contributed by atoms with Gasteiger partial charge in [-0.05, 0) is 0 Å². The molecule has 0 bridgehead atoms. The summed E-state index contributed by atoms with van der Waals surface area (Å²) < 4.78 is 9.96. The van der Waals surface area contributed by atoms with Crippen molar-refractivity contribution in [2.45, 2.75) is 0 Å². The molecule has 0 aliphatic carbocycles. The maximum atomic E-state index is 4.98. The number of rotatable bonds is 3. The average molecular weight is 151 g/mol. The third-order valence-corrected chi connectivity index (χ3v) is 1.38. The molecule has 0 fully saturated rings. The van der Waals surface area contributed by atoms with E-state index in [9.17, 15) is 0 Å². The predicted molar refractivity (Wildman–Crippen MR) is 42.8 cm³/mol. The summed E-state index contributed by atoms with van der Waals surface area (Å²) in [5.41, 5.74) is 0.956. The van der Waals surface area contributed by atoms with Gasteiger partial charge in [-0.15, -0.1) is 0 Å². The minimum Gasteiger partial charge on any atom is -0.345 e. The van der Waals surface area contributed by atoms with Crippen LogP contribution in [0.1, 0.15) is 5.56 Å². The van der Waals surface area contributed by atoms with E-state index >= 15 is 0 Å². The first-order chi connectivity index (χ1) is 5.38. The van der Waals surface area contributed by atoms with Gasteiger partial charge in [0.15, 0.2) is 0 Å². The Morgan fingerprint density at radius 3 is 2.00 bits per heavy atom. The summed E-state index contributed by atoms with van der Waals surface area (Å²) in [7, 11) is 3.18. The first kappa shape index (κ1) is 8.24. The maximum Gasteiger partial charge on any atom is 0.255 e.